The maximum Gasteiger partial charge on any atom is 0.337 e. The number of carboxylic acid groups (broad SMARTS) is 1. The maximum atomic E-state index is 11.2. The van der Waals surface area contributed by atoms with Crippen LogP contribution in [0.1, 0.15) is 29.8 Å². The van der Waals surface area contributed by atoms with Crippen LogP contribution in [0.25, 0.3) is 0 Å². The van der Waals surface area contributed by atoms with Gasteiger partial charge in [0.05, 0.1) is 17.2 Å². The molecular formula is C17H25ClN2O3. The van der Waals surface area contributed by atoms with Crippen LogP contribution < -0.4 is 0 Å². The second kappa shape index (κ2) is 7.62. The van der Waals surface area contributed by atoms with Gasteiger partial charge in [-0.25, -0.2) is 4.79 Å². The molecule has 23 heavy (non-hydrogen) atoms. The zero-order valence-corrected chi connectivity index (χ0v) is 14.8. The summed E-state index contributed by atoms with van der Waals surface area (Å²) in [6.45, 7) is 9.57. The summed E-state index contributed by atoms with van der Waals surface area (Å²) < 4.78 is 5.31. The summed E-state index contributed by atoms with van der Waals surface area (Å²) in [4.78, 5) is 15.9. The molecule has 1 fully saturated rings. The number of aromatic carboxylic acids is 1. The average Bonchev–Trinajstić information content (AvgIpc) is 2.49. The van der Waals surface area contributed by atoms with Gasteiger partial charge in [0, 0.05) is 45.4 Å². The van der Waals surface area contributed by atoms with Crippen molar-refractivity contribution in [1.82, 2.24) is 9.80 Å². The molecule has 1 aromatic rings. The summed E-state index contributed by atoms with van der Waals surface area (Å²) in [7, 11) is 1.73. The molecule has 1 heterocycles. The minimum Gasteiger partial charge on any atom is -0.478 e. The Bertz CT molecular complexity index is 555. The molecule has 0 unspecified atom stereocenters. The summed E-state index contributed by atoms with van der Waals surface area (Å²) in [6.07, 6.45) is 0. The third-order valence-electron chi connectivity index (χ3n) is 4.43. The molecule has 128 valence electrons. The van der Waals surface area contributed by atoms with Crippen molar-refractivity contribution in [2.24, 2.45) is 0 Å². The highest BCUT2D eigenvalue weighted by atomic mass is 35.5. The fourth-order valence-corrected chi connectivity index (χ4v) is 3.33. The molecule has 6 heteroatoms. The molecule has 0 bridgehead atoms. The SMILES string of the molecule is COCC(C)(C)N1CCN(Cc2cccc(C(=O)O)c2Cl)CC1. The second-order valence-corrected chi connectivity index (χ2v) is 6.97. The lowest BCUT2D eigenvalue weighted by molar-refractivity contribution is 0.000749. The third kappa shape index (κ3) is 4.44. The molecule has 5 nitrogen and oxygen atoms in total. The van der Waals surface area contributed by atoms with Crippen molar-refractivity contribution >= 4 is 17.6 Å². The van der Waals surface area contributed by atoms with E-state index in [1.807, 2.05) is 6.07 Å². The van der Waals surface area contributed by atoms with Gasteiger partial charge in [0.15, 0.2) is 0 Å². The van der Waals surface area contributed by atoms with E-state index in [0.717, 1.165) is 31.7 Å². The Balaban J connectivity index is 1.97. The molecule has 0 radical (unpaired) electrons. The molecule has 2 rings (SSSR count). The number of methoxy groups -OCH3 is 1. The first-order valence-corrected chi connectivity index (χ1v) is 8.20. The first kappa shape index (κ1) is 18.2. The highest BCUT2D eigenvalue weighted by Crippen LogP contribution is 2.24. The van der Waals surface area contributed by atoms with Gasteiger partial charge in [-0.2, -0.15) is 0 Å². The van der Waals surface area contributed by atoms with Gasteiger partial charge in [-0.1, -0.05) is 23.7 Å². The fraction of sp³-hybridized carbons (Fsp3) is 0.588. The lowest BCUT2D eigenvalue weighted by Gasteiger charge is -2.43. The first-order chi connectivity index (χ1) is 10.8. The Morgan fingerprint density at radius 2 is 1.96 bits per heavy atom. The van der Waals surface area contributed by atoms with Crippen LogP contribution in [0.3, 0.4) is 0 Å². The maximum absolute atomic E-state index is 11.2. The van der Waals surface area contributed by atoms with Crippen LogP contribution in [0.5, 0.6) is 0 Å². The highest BCUT2D eigenvalue weighted by Gasteiger charge is 2.30. The van der Waals surface area contributed by atoms with Gasteiger partial charge in [-0.15, -0.1) is 0 Å². The van der Waals surface area contributed by atoms with E-state index in [2.05, 4.69) is 23.6 Å². The molecule has 0 spiro atoms. The van der Waals surface area contributed by atoms with Crippen LogP contribution in [-0.4, -0.2) is 66.3 Å². The Morgan fingerprint density at radius 3 is 2.52 bits per heavy atom. The van der Waals surface area contributed by atoms with Crippen LogP contribution in [0.4, 0.5) is 0 Å². The van der Waals surface area contributed by atoms with Crippen molar-refractivity contribution in [3.8, 4) is 0 Å². The van der Waals surface area contributed by atoms with E-state index >= 15 is 0 Å². The van der Waals surface area contributed by atoms with Crippen LogP contribution in [0.15, 0.2) is 18.2 Å². The Morgan fingerprint density at radius 1 is 1.30 bits per heavy atom. The second-order valence-electron chi connectivity index (χ2n) is 6.59. The molecule has 1 saturated heterocycles. The molecule has 0 aliphatic carbocycles. The van der Waals surface area contributed by atoms with Crippen molar-refractivity contribution in [3.05, 3.63) is 34.3 Å². The lowest BCUT2D eigenvalue weighted by atomic mass is 10.0. The van der Waals surface area contributed by atoms with Gasteiger partial charge in [0.1, 0.15) is 0 Å². The summed E-state index contributed by atoms with van der Waals surface area (Å²) in [6, 6.07) is 5.19. The number of rotatable bonds is 6. The molecule has 0 saturated carbocycles. The molecule has 1 aliphatic heterocycles. The minimum atomic E-state index is -0.983. The Hall–Kier alpha value is -1.14. The molecule has 0 atom stereocenters. The zero-order valence-electron chi connectivity index (χ0n) is 14.0. The van der Waals surface area contributed by atoms with E-state index in [1.165, 1.54) is 0 Å². The molecule has 1 aromatic carbocycles. The average molecular weight is 341 g/mol. The molecule has 1 N–H and O–H groups in total. The van der Waals surface area contributed by atoms with E-state index in [4.69, 9.17) is 21.4 Å². The monoisotopic (exact) mass is 340 g/mol. The number of carbonyl (C=O) groups is 1. The molecule has 0 aromatic heterocycles. The summed E-state index contributed by atoms with van der Waals surface area (Å²) in [5.74, 6) is -0.983. The largest absolute Gasteiger partial charge is 0.478 e. The van der Waals surface area contributed by atoms with Crippen LogP contribution >= 0.6 is 11.6 Å². The minimum absolute atomic E-state index is 0.0295. The van der Waals surface area contributed by atoms with Gasteiger partial charge in [-0.05, 0) is 25.5 Å². The van der Waals surface area contributed by atoms with E-state index in [0.29, 0.717) is 18.2 Å². The number of ether oxygens (including phenoxy) is 1. The van der Waals surface area contributed by atoms with Crippen LogP contribution in [-0.2, 0) is 11.3 Å². The number of carboxylic acids is 1. The Kier molecular flexibility index (Phi) is 6.03. The predicted molar refractivity (Wildman–Crippen MR) is 91.2 cm³/mol. The topological polar surface area (TPSA) is 53.0 Å². The number of nitrogens with zero attached hydrogens (tertiary/aromatic N) is 2. The van der Waals surface area contributed by atoms with E-state index in [-0.39, 0.29) is 11.1 Å². The predicted octanol–water partition coefficient (Wildman–Crippen LogP) is 2.58. The van der Waals surface area contributed by atoms with Crippen molar-refractivity contribution in [3.63, 3.8) is 0 Å². The van der Waals surface area contributed by atoms with Gasteiger partial charge in [0.2, 0.25) is 0 Å². The zero-order chi connectivity index (χ0) is 17.0. The number of hydrogen-bond acceptors (Lipinski definition) is 4. The van der Waals surface area contributed by atoms with E-state index in [9.17, 15) is 4.79 Å². The molecular weight excluding hydrogens is 316 g/mol. The number of halogens is 1. The number of piperazine rings is 1. The van der Waals surface area contributed by atoms with Gasteiger partial charge >= 0.3 is 5.97 Å². The van der Waals surface area contributed by atoms with Crippen LogP contribution in [0.2, 0.25) is 5.02 Å². The standard InChI is InChI=1S/C17H25ClN2O3/c1-17(2,12-23-3)20-9-7-19(8-10-20)11-13-5-4-6-14(15(13)18)16(21)22/h4-6H,7-12H2,1-3H3,(H,21,22). The fourth-order valence-electron chi connectivity index (χ4n) is 3.06. The van der Waals surface area contributed by atoms with Crippen molar-refractivity contribution in [2.75, 3.05) is 39.9 Å². The highest BCUT2D eigenvalue weighted by molar-refractivity contribution is 6.34. The molecule has 0 amide bonds. The normalized spacial score (nSPS) is 17.4. The summed E-state index contributed by atoms with van der Waals surface area (Å²) >= 11 is 6.23. The van der Waals surface area contributed by atoms with Crippen molar-refractivity contribution in [1.29, 1.82) is 0 Å². The van der Waals surface area contributed by atoms with Crippen LogP contribution in [0, 0.1) is 0 Å². The van der Waals surface area contributed by atoms with E-state index in [1.54, 1.807) is 19.2 Å². The quantitative estimate of drug-likeness (QED) is 0.862. The number of hydrogen-bond donors (Lipinski definition) is 1. The Labute approximate surface area is 142 Å². The van der Waals surface area contributed by atoms with E-state index < -0.39 is 5.97 Å². The smallest absolute Gasteiger partial charge is 0.337 e. The van der Waals surface area contributed by atoms with Crippen molar-refractivity contribution < 1.29 is 14.6 Å². The number of benzene rings is 1. The summed E-state index contributed by atoms with van der Waals surface area (Å²) in [5.41, 5.74) is 1.07. The molecule has 1 aliphatic rings. The van der Waals surface area contributed by atoms with Gasteiger partial charge < -0.3 is 9.84 Å². The van der Waals surface area contributed by atoms with Gasteiger partial charge in [-0.3, -0.25) is 9.80 Å². The van der Waals surface area contributed by atoms with Gasteiger partial charge in [0.25, 0.3) is 0 Å². The lowest BCUT2D eigenvalue weighted by Crippen LogP contribution is -2.56. The third-order valence-corrected chi connectivity index (χ3v) is 4.88. The first-order valence-electron chi connectivity index (χ1n) is 7.82. The van der Waals surface area contributed by atoms with Crippen molar-refractivity contribution in [2.45, 2.75) is 25.9 Å². The summed E-state index contributed by atoms with van der Waals surface area (Å²) in [5, 5.41) is 9.50.